The van der Waals surface area contributed by atoms with Crippen LogP contribution in [0.15, 0.2) is 16.4 Å². The molecule has 0 aliphatic carbocycles. The van der Waals surface area contributed by atoms with Crippen molar-refractivity contribution < 1.29 is 0 Å². The van der Waals surface area contributed by atoms with Crippen LogP contribution >= 0.6 is 22.9 Å². The zero-order valence-corrected chi connectivity index (χ0v) is 12.1. The Morgan fingerprint density at radius 2 is 2.07 bits per heavy atom. The van der Waals surface area contributed by atoms with E-state index in [2.05, 4.69) is 70.7 Å². The van der Waals surface area contributed by atoms with Gasteiger partial charge in [-0.3, -0.25) is 4.99 Å². The average Bonchev–Trinajstić information content (AvgIpc) is 2.15. The van der Waals surface area contributed by atoms with Crippen molar-refractivity contribution in [2.45, 2.75) is 40.5 Å². The van der Waals surface area contributed by atoms with Crippen LogP contribution < -0.4 is 3.53 Å². The number of hydrogen-bond acceptors (Lipinski definition) is 2. The summed E-state index contributed by atoms with van der Waals surface area (Å²) in [5.74, 6) is 6.27. The van der Waals surface area contributed by atoms with Gasteiger partial charge < -0.3 is 3.53 Å². The highest BCUT2D eigenvalue weighted by Crippen LogP contribution is 2.17. The molecule has 0 spiro atoms. The molecule has 0 saturated carbocycles. The van der Waals surface area contributed by atoms with E-state index < -0.39 is 0 Å². The fraction of sp³-hybridized carbons (Fsp3) is 0.583. The summed E-state index contributed by atoms with van der Waals surface area (Å²) >= 11 is 2.07. The van der Waals surface area contributed by atoms with Gasteiger partial charge in [0.15, 0.2) is 0 Å². The van der Waals surface area contributed by atoms with E-state index in [1.165, 1.54) is 0 Å². The first-order valence-corrected chi connectivity index (χ1v) is 6.08. The van der Waals surface area contributed by atoms with Crippen LogP contribution in [0, 0.1) is 17.3 Å². The van der Waals surface area contributed by atoms with E-state index in [0.717, 1.165) is 24.2 Å². The van der Waals surface area contributed by atoms with Crippen molar-refractivity contribution in [3.05, 3.63) is 11.4 Å². The second-order valence-corrected chi connectivity index (χ2v) is 5.01. The predicted octanol–water partition coefficient (Wildman–Crippen LogP) is 3.69. The van der Waals surface area contributed by atoms with E-state index >= 15 is 0 Å². The molecule has 0 aliphatic rings. The van der Waals surface area contributed by atoms with Gasteiger partial charge in [-0.05, 0) is 24.5 Å². The fourth-order valence-corrected chi connectivity index (χ4v) is 1.36. The van der Waals surface area contributed by atoms with E-state index in [1.807, 2.05) is 6.92 Å². The van der Waals surface area contributed by atoms with Gasteiger partial charge in [0.05, 0.1) is 28.6 Å². The Hall–Kier alpha value is -0.500. The first kappa shape index (κ1) is 14.5. The molecule has 0 aliphatic heterocycles. The molecule has 0 aromatic heterocycles. The normalized spacial score (nSPS) is 12.3. The number of nitrogens with one attached hydrogen (secondary N) is 1. The van der Waals surface area contributed by atoms with Gasteiger partial charge >= 0.3 is 0 Å². The fourth-order valence-electron chi connectivity index (χ4n) is 0.916. The number of hydrogen-bond donors (Lipinski definition) is 1. The van der Waals surface area contributed by atoms with Gasteiger partial charge in [-0.2, -0.15) is 0 Å². The smallest absolute Gasteiger partial charge is 0.116 e. The van der Waals surface area contributed by atoms with Crippen molar-refractivity contribution in [2.75, 3.05) is 0 Å². The molecule has 84 valence electrons. The summed E-state index contributed by atoms with van der Waals surface area (Å²) in [7, 11) is 0. The second kappa shape index (κ2) is 6.89. The van der Waals surface area contributed by atoms with Crippen molar-refractivity contribution >= 4 is 29.6 Å². The highest BCUT2D eigenvalue weighted by atomic mass is 127. The van der Waals surface area contributed by atoms with Crippen LogP contribution in [0.1, 0.15) is 40.5 Å². The molecule has 0 unspecified atom stereocenters. The molecule has 15 heavy (non-hydrogen) atoms. The van der Waals surface area contributed by atoms with Crippen LogP contribution in [0.5, 0.6) is 0 Å². The SMILES string of the molecule is C=N/C(CC)=C(\C#CCC(C)(C)C)NI. The molecule has 0 aromatic carbocycles. The Morgan fingerprint density at radius 1 is 1.47 bits per heavy atom. The maximum Gasteiger partial charge on any atom is 0.116 e. The lowest BCUT2D eigenvalue weighted by molar-refractivity contribution is 0.428. The maximum absolute atomic E-state index is 3.95. The van der Waals surface area contributed by atoms with Gasteiger partial charge in [-0.1, -0.05) is 33.6 Å². The summed E-state index contributed by atoms with van der Waals surface area (Å²) in [6.45, 7) is 12.1. The minimum absolute atomic E-state index is 0.247. The Balaban J connectivity index is 4.72. The lowest BCUT2D eigenvalue weighted by Gasteiger charge is -2.12. The maximum atomic E-state index is 3.95. The number of halogens is 1. The summed E-state index contributed by atoms with van der Waals surface area (Å²) in [6, 6.07) is 0. The van der Waals surface area contributed by atoms with E-state index in [1.54, 1.807) is 0 Å². The van der Waals surface area contributed by atoms with Gasteiger partial charge in [-0.15, -0.1) is 0 Å². The molecule has 2 nitrogen and oxygen atoms in total. The van der Waals surface area contributed by atoms with Gasteiger partial charge in [-0.25, -0.2) is 0 Å². The molecule has 1 N–H and O–H groups in total. The predicted molar refractivity (Wildman–Crippen MR) is 75.9 cm³/mol. The Bertz CT molecular complexity index is 300. The summed E-state index contributed by atoms with van der Waals surface area (Å²) in [4.78, 5) is 3.95. The zero-order chi connectivity index (χ0) is 11.9. The molecule has 0 rings (SSSR count). The zero-order valence-electron chi connectivity index (χ0n) is 9.95. The summed E-state index contributed by atoms with van der Waals surface area (Å²) in [6.07, 6.45) is 1.72. The van der Waals surface area contributed by atoms with Crippen molar-refractivity contribution in [3.8, 4) is 11.8 Å². The van der Waals surface area contributed by atoms with Crippen molar-refractivity contribution in [3.63, 3.8) is 0 Å². The van der Waals surface area contributed by atoms with E-state index in [4.69, 9.17) is 0 Å². The van der Waals surface area contributed by atoms with Gasteiger partial charge in [0.25, 0.3) is 0 Å². The number of rotatable bonds is 3. The van der Waals surface area contributed by atoms with Crippen LogP contribution in [0.3, 0.4) is 0 Å². The minimum Gasteiger partial charge on any atom is -0.320 e. The third kappa shape index (κ3) is 6.56. The summed E-state index contributed by atoms with van der Waals surface area (Å²) < 4.78 is 3.03. The number of allylic oxidation sites excluding steroid dienone is 2. The highest BCUT2D eigenvalue weighted by Gasteiger charge is 2.07. The third-order valence-corrected chi connectivity index (χ3v) is 2.28. The highest BCUT2D eigenvalue weighted by molar-refractivity contribution is 14.1. The van der Waals surface area contributed by atoms with Crippen LogP contribution in [-0.4, -0.2) is 6.72 Å². The molecule has 3 heteroatoms. The standard InChI is InChI=1S/C12H19IN2/c1-6-10(14-5)11(15-13)8-7-9-12(2,3)4/h15H,5-6,9H2,1-4H3/b11-10+. The van der Waals surface area contributed by atoms with Crippen LogP contribution in [0.4, 0.5) is 0 Å². The average molecular weight is 318 g/mol. The quantitative estimate of drug-likeness (QED) is 0.365. The Morgan fingerprint density at radius 3 is 2.40 bits per heavy atom. The van der Waals surface area contributed by atoms with Crippen LogP contribution in [0.2, 0.25) is 0 Å². The summed E-state index contributed by atoms with van der Waals surface area (Å²) in [5, 5.41) is 0. The van der Waals surface area contributed by atoms with Gasteiger partial charge in [0, 0.05) is 6.42 Å². The molecule has 0 saturated heterocycles. The summed E-state index contributed by atoms with van der Waals surface area (Å²) in [5.41, 5.74) is 2.04. The molecular formula is C12H19IN2. The van der Waals surface area contributed by atoms with Crippen molar-refractivity contribution in [1.82, 2.24) is 3.53 Å². The van der Waals surface area contributed by atoms with E-state index in [9.17, 15) is 0 Å². The molecule has 0 bridgehead atoms. The lowest BCUT2D eigenvalue weighted by Crippen LogP contribution is -2.03. The Labute approximate surface area is 107 Å². The lowest BCUT2D eigenvalue weighted by atomic mass is 9.93. The third-order valence-electron chi connectivity index (χ3n) is 1.74. The Kier molecular flexibility index (Phi) is 6.66. The van der Waals surface area contributed by atoms with Gasteiger partial charge in [0.2, 0.25) is 0 Å². The minimum atomic E-state index is 0.247. The first-order valence-electron chi connectivity index (χ1n) is 5.00. The molecular weight excluding hydrogens is 299 g/mol. The molecule has 0 amide bonds. The second-order valence-electron chi connectivity index (χ2n) is 4.47. The van der Waals surface area contributed by atoms with Crippen LogP contribution in [-0.2, 0) is 0 Å². The molecule has 0 radical (unpaired) electrons. The monoisotopic (exact) mass is 318 g/mol. The largest absolute Gasteiger partial charge is 0.320 e. The first-order chi connectivity index (χ1) is 6.94. The van der Waals surface area contributed by atoms with Crippen LogP contribution in [0.25, 0.3) is 0 Å². The topological polar surface area (TPSA) is 24.4 Å². The van der Waals surface area contributed by atoms with E-state index in [0.29, 0.717) is 0 Å². The van der Waals surface area contributed by atoms with Gasteiger partial charge in [0.1, 0.15) is 5.70 Å². The molecule has 0 atom stereocenters. The molecule has 0 aromatic rings. The number of aliphatic imine (C=N–C) groups is 1. The van der Waals surface area contributed by atoms with Crippen molar-refractivity contribution in [1.29, 1.82) is 0 Å². The van der Waals surface area contributed by atoms with Crippen molar-refractivity contribution in [2.24, 2.45) is 10.4 Å². The van der Waals surface area contributed by atoms with E-state index in [-0.39, 0.29) is 5.41 Å². The number of nitrogens with zero attached hydrogens (tertiary/aromatic N) is 1. The molecule has 0 fully saturated rings. The molecule has 0 heterocycles.